The van der Waals surface area contributed by atoms with Gasteiger partial charge in [-0.3, -0.25) is 0 Å². The van der Waals surface area contributed by atoms with E-state index in [2.05, 4.69) is 40.2 Å². The van der Waals surface area contributed by atoms with Gasteiger partial charge in [-0.05, 0) is 75.0 Å². The van der Waals surface area contributed by atoms with E-state index in [1.54, 1.807) is 6.08 Å². The maximum Gasteiger partial charge on any atom is 0.331 e. The van der Waals surface area contributed by atoms with Gasteiger partial charge in [-0.1, -0.05) is 34.1 Å². The van der Waals surface area contributed by atoms with E-state index < -0.39 is 5.97 Å². The SMILES string of the molecule is CC=C(C(=O)O)[C@H]1CC[C@H](CCc2ccc(Br)cc2)CC1. The van der Waals surface area contributed by atoms with Crippen LogP contribution < -0.4 is 0 Å². The number of halogens is 1. The minimum atomic E-state index is -0.740. The lowest BCUT2D eigenvalue weighted by Crippen LogP contribution is -2.20. The number of carboxylic acid groups (broad SMARTS) is 1. The van der Waals surface area contributed by atoms with Gasteiger partial charge >= 0.3 is 5.97 Å². The number of rotatable bonds is 5. The fourth-order valence-corrected chi connectivity index (χ4v) is 3.58. The lowest BCUT2D eigenvalue weighted by atomic mass is 9.76. The van der Waals surface area contributed by atoms with Gasteiger partial charge in [0.2, 0.25) is 0 Å². The smallest absolute Gasteiger partial charge is 0.331 e. The number of hydrogen-bond donors (Lipinski definition) is 1. The highest BCUT2D eigenvalue weighted by atomic mass is 79.9. The highest BCUT2D eigenvalue weighted by Crippen LogP contribution is 2.35. The summed E-state index contributed by atoms with van der Waals surface area (Å²) >= 11 is 3.46. The lowest BCUT2D eigenvalue weighted by molar-refractivity contribution is -0.133. The monoisotopic (exact) mass is 350 g/mol. The fourth-order valence-electron chi connectivity index (χ4n) is 3.32. The van der Waals surface area contributed by atoms with Crippen LogP contribution in [-0.2, 0) is 11.2 Å². The molecule has 0 heterocycles. The highest BCUT2D eigenvalue weighted by Gasteiger charge is 2.26. The molecule has 1 aromatic rings. The molecular formula is C18H23BrO2. The first-order chi connectivity index (χ1) is 10.1. The molecule has 21 heavy (non-hydrogen) atoms. The first-order valence-corrected chi connectivity index (χ1v) is 8.53. The molecule has 0 saturated heterocycles. The van der Waals surface area contributed by atoms with Crippen LogP contribution >= 0.6 is 15.9 Å². The lowest BCUT2D eigenvalue weighted by Gasteiger charge is -2.29. The third-order valence-corrected chi connectivity index (χ3v) is 5.13. The Balaban J connectivity index is 1.79. The predicted molar refractivity (Wildman–Crippen MR) is 89.3 cm³/mol. The molecule has 0 bridgehead atoms. The van der Waals surface area contributed by atoms with E-state index in [4.69, 9.17) is 0 Å². The summed E-state index contributed by atoms with van der Waals surface area (Å²) in [5.41, 5.74) is 2.00. The molecule has 0 aromatic heterocycles. The largest absolute Gasteiger partial charge is 0.478 e. The molecule has 0 atom stereocenters. The summed E-state index contributed by atoms with van der Waals surface area (Å²) in [7, 11) is 0. The van der Waals surface area contributed by atoms with Crippen molar-refractivity contribution >= 4 is 21.9 Å². The van der Waals surface area contributed by atoms with Crippen LogP contribution in [0.5, 0.6) is 0 Å². The normalized spacial score (nSPS) is 23.0. The maximum atomic E-state index is 11.2. The number of benzene rings is 1. The van der Waals surface area contributed by atoms with Crippen LogP contribution in [0.15, 0.2) is 40.4 Å². The molecule has 1 aliphatic rings. The number of aliphatic carboxylic acids is 1. The molecule has 2 rings (SSSR count). The third kappa shape index (κ3) is 4.70. The quantitative estimate of drug-likeness (QED) is 0.739. The minimum absolute atomic E-state index is 0.261. The van der Waals surface area contributed by atoms with Gasteiger partial charge in [0.05, 0.1) is 0 Å². The van der Waals surface area contributed by atoms with Crippen molar-refractivity contribution in [3.8, 4) is 0 Å². The van der Waals surface area contributed by atoms with Crippen molar-refractivity contribution in [2.75, 3.05) is 0 Å². The summed E-state index contributed by atoms with van der Waals surface area (Å²) < 4.78 is 1.12. The Morgan fingerprint density at radius 2 is 1.86 bits per heavy atom. The molecule has 0 radical (unpaired) electrons. The molecule has 0 aliphatic heterocycles. The van der Waals surface area contributed by atoms with E-state index in [9.17, 15) is 9.90 Å². The number of aryl methyl sites for hydroxylation is 1. The Labute approximate surface area is 135 Å². The van der Waals surface area contributed by atoms with Crippen molar-refractivity contribution in [1.82, 2.24) is 0 Å². The van der Waals surface area contributed by atoms with Gasteiger partial charge < -0.3 is 5.11 Å². The Hall–Kier alpha value is -1.09. The molecule has 1 aromatic carbocycles. The van der Waals surface area contributed by atoms with E-state index in [1.165, 1.54) is 12.0 Å². The van der Waals surface area contributed by atoms with E-state index in [0.29, 0.717) is 5.57 Å². The van der Waals surface area contributed by atoms with E-state index >= 15 is 0 Å². The van der Waals surface area contributed by atoms with Crippen LogP contribution in [0.3, 0.4) is 0 Å². The molecule has 3 heteroatoms. The molecule has 2 nitrogen and oxygen atoms in total. The third-order valence-electron chi connectivity index (χ3n) is 4.60. The van der Waals surface area contributed by atoms with Crippen molar-refractivity contribution in [3.63, 3.8) is 0 Å². The summed E-state index contributed by atoms with van der Waals surface area (Å²) in [5.74, 6) is 0.268. The number of hydrogen-bond acceptors (Lipinski definition) is 1. The zero-order valence-corrected chi connectivity index (χ0v) is 14.1. The van der Waals surface area contributed by atoms with Crippen LogP contribution in [-0.4, -0.2) is 11.1 Å². The van der Waals surface area contributed by atoms with Gasteiger partial charge in [0.25, 0.3) is 0 Å². The topological polar surface area (TPSA) is 37.3 Å². The molecule has 1 fully saturated rings. The molecule has 1 aliphatic carbocycles. The summed E-state index contributed by atoms with van der Waals surface area (Å²) in [6.45, 7) is 1.84. The maximum absolute atomic E-state index is 11.2. The van der Waals surface area contributed by atoms with Gasteiger partial charge in [-0.25, -0.2) is 4.79 Å². The van der Waals surface area contributed by atoms with Crippen molar-refractivity contribution in [1.29, 1.82) is 0 Å². The average molecular weight is 351 g/mol. The molecular weight excluding hydrogens is 328 g/mol. The Kier molecular flexibility index (Phi) is 6.04. The highest BCUT2D eigenvalue weighted by molar-refractivity contribution is 9.10. The molecule has 1 saturated carbocycles. The van der Waals surface area contributed by atoms with Gasteiger partial charge in [-0.2, -0.15) is 0 Å². The van der Waals surface area contributed by atoms with Crippen LogP contribution in [0.4, 0.5) is 0 Å². The van der Waals surface area contributed by atoms with Gasteiger partial charge in [0.1, 0.15) is 0 Å². The van der Waals surface area contributed by atoms with Gasteiger partial charge in [0.15, 0.2) is 0 Å². The molecule has 114 valence electrons. The second-order valence-electron chi connectivity index (χ2n) is 5.93. The standard InChI is InChI=1S/C18H23BrO2/c1-2-17(18(20)21)15-9-5-13(6-10-15)3-4-14-7-11-16(19)12-8-14/h2,7-8,11-13,15H,3-6,9-10H2,1H3,(H,20,21)/t13-,15-. The number of carbonyl (C=O) groups is 1. The summed E-state index contributed by atoms with van der Waals surface area (Å²) in [4.78, 5) is 11.2. The van der Waals surface area contributed by atoms with Crippen molar-refractivity contribution in [3.05, 3.63) is 46.0 Å². The Morgan fingerprint density at radius 3 is 2.38 bits per heavy atom. The van der Waals surface area contributed by atoms with Crippen molar-refractivity contribution in [2.45, 2.75) is 45.4 Å². The summed E-state index contributed by atoms with van der Waals surface area (Å²) in [6, 6.07) is 8.55. The number of allylic oxidation sites excluding steroid dienone is 1. The predicted octanol–water partition coefficient (Wildman–Crippen LogP) is 5.22. The first kappa shape index (κ1) is 16.3. The zero-order chi connectivity index (χ0) is 15.2. The average Bonchev–Trinajstić information content (AvgIpc) is 2.48. The Morgan fingerprint density at radius 1 is 1.24 bits per heavy atom. The van der Waals surface area contributed by atoms with Crippen LogP contribution in [0.2, 0.25) is 0 Å². The second kappa shape index (κ2) is 7.79. The van der Waals surface area contributed by atoms with E-state index in [1.807, 2.05) is 6.92 Å². The van der Waals surface area contributed by atoms with Gasteiger partial charge in [0, 0.05) is 10.0 Å². The molecule has 0 amide bonds. The molecule has 0 unspecified atom stereocenters. The fraction of sp³-hybridized carbons (Fsp3) is 0.500. The summed E-state index contributed by atoms with van der Waals surface area (Å²) in [6.07, 6.45) is 8.48. The molecule has 1 N–H and O–H groups in total. The molecule has 0 spiro atoms. The van der Waals surface area contributed by atoms with Crippen LogP contribution in [0.25, 0.3) is 0 Å². The van der Waals surface area contributed by atoms with E-state index in [0.717, 1.165) is 42.5 Å². The Bertz CT molecular complexity index is 496. The van der Waals surface area contributed by atoms with Gasteiger partial charge in [-0.15, -0.1) is 0 Å². The van der Waals surface area contributed by atoms with Crippen molar-refractivity contribution in [2.24, 2.45) is 11.8 Å². The number of carboxylic acids is 1. The van der Waals surface area contributed by atoms with E-state index in [-0.39, 0.29) is 5.92 Å². The zero-order valence-electron chi connectivity index (χ0n) is 12.5. The first-order valence-electron chi connectivity index (χ1n) is 7.74. The summed E-state index contributed by atoms with van der Waals surface area (Å²) in [5, 5.41) is 9.19. The van der Waals surface area contributed by atoms with Crippen LogP contribution in [0, 0.1) is 11.8 Å². The second-order valence-corrected chi connectivity index (χ2v) is 6.85. The van der Waals surface area contributed by atoms with Crippen molar-refractivity contribution < 1.29 is 9.90 Å². The van der Waals surface area contributed by atoms with Crippen LogP contribution in [0.1, 0.15) is 44.6 Å². The minimum Gasteiger partial charge on any atom is -0.478 e.